The molecule has 8 heteroatoms. The third kappa shape index (κ3) is 4.83. The van der Waals surface area contributed by atoms with Crippen LogP contribution in [0.3, 0.4) is 0 Å². The van der Waals surface area contributed by atoms with Gasteiger partial charge in [-0.15, -0.1) is 10.2 Å². The molecule has 0 aliphatic rings. The van der Waals surface area contributed by atoms with E-state index in [2.05, 4.69) is 62.1 Å². The highest BCUT2D eigenvalue weighted by molar-refractivity contribution is 5.79. The average Bonchev–Trinajstić information content (AvgIpc) is 3.45. The summed E-state index contributed by atoms with van der Waals surface area (Å²) >= 11 is 0. The topological polar surface area (TPSA) is 84.4 Å². The zero-order valence-corrected chi connectivity index (χ0v) is 17.1. The lowest BCUT2D eigenvalue weighted by Crippen LogP contribution is -2.38. The van der Waals surface area contributed by atoms with Gasteiger partial charge in [0.05, 0.1) is 5.69 Å². The maximum absolute atomic E-state index is 4.68. The number of benzene rings is 1. The van der Waals surface area contributed by atoms with Gasteiger partial charge in [0.25, 0.3) is 0 Å². The van der Waals surface area contributed by atoms with Crippen LogP contribution in [0, 0.1) is 0 Å². The maximum Gasteiger partial charge on any atom is 0.191 e. The van der Waals surface area contributed by atoms with Crippen LogP contribution in [-0.4, -0.2) is 50.0 Å². The maximum atomic E-state index is 4.68. The highest BCUT2D eigenvalue weighted by atomic mass is 15.3. The Hall–Kier alpha value is -3.68. The quantitative estimate of drug-likeness (QED) is 0.349. The first-order valence-electron chi connectivity index (χ1n) is 10.2. The summed E-state index contributed by atoms with van der Waals surface area (Å²) in [7, 11) is 0. The molecule has 0 radical (unpaired) electrons. The van der Waals surface area contributed by atoms with E-state index >= 15 is 0 Å². The molecule has 0 unspecified atom stereocenters. The summed E-state index contributed by atoms with van der Waals surface area (Å²) in [6, 6.07) is 16.3. The van der Waals surface area contributed by atoms with Gasteiger partial charge in [-0.3, -0.25) is 9.39 Å². The Morgan fingerprint density at radius 1 is 0.967 bits per heavy atom. The first kappa shape index (κ1) is 19.6. The third-order valence-electron chi connectivity index (χ3n) is 4.75. The second kappa shape index (κ2) is 9.69. The predicted octanol–water partition coefficient (Wildman–Crippen LogP) is 2.26. The molecule has 1 aromatic carbocycles. The molecular weight excluding hydrogens is 376 g/mol. The van der Waals surface area contributed by atoms with Crippen molar-refractivity contribution in [1.82, 2.24) is 35.0 Å². The zero-order valence-electron chi connectivity index (χ0n) is 17.1. The monoisotopic (exact) mass is 402 g/mol. The summed E-state index contributed by atoms with van der Waals surface area (Å²) in [5.41, 5.74) is 3.19. The van der Waals surface area contributed by atoms with Crippen LogP contribution in [0.15, 0.2) is 72.1 Å². The van der Waals surface area contributed by atoms with E-state index in [0.29, 0.717) is 6.54 Å². The fourth-order valence-electron chi connectivity index (χ4n) is 3.23. The average molecular weight is 403 g/mol. The molecule has 0 atom stereocenters. The smallest absolute Gasteiger partial charge is 0.191 e. The minimum Gasteiger partial charge on any atom is -0.357 e. The van der Waals surface area contributed by atoms with Gasteiger partial charge in [-0.2, -0.15) is 5.10 Å². The number of hydrogen-bond acceptors (Lipinski definition) is 4. The van der Waals surface area contributed by atoms with Gasteiger partial charge in [0.1, 0.15) is 5.82 Å². The van der Waals surface area contributed by atoms with Crippen LogP contribution in [0.1, 0.15) is 18.3 Å². The van der Waals surface area contributed by atoms with Crippen molar-refractivity contribution in [3.63, 3.8) is 0 Å². The number of rotatable bonds is 8. The van der Waals surface area contributed by atoms with Gasteiger partial charge >= 0.3 is 0 Å². The zero-order chi connectivity index (χ0) is 20.6. The Morgan fingerprint density at radius 3 is 2.67 bits per heavy atom. The van der Waals surface area contributed by atoms with Gasteiger partial charge < -0.3 is 10.6 Å². The van der Waals surface area contributed by atoms with Crippen molar-refractivity contribution in [3.8, 4) is 5.69 Å². The Kier molecular flexibility index (Phi) is 6.34. The minimum atomic E-state index is 0.642. The lowest BCUT2D eigenvalue weighted by molar-refractivity contribution is 0.785. The molecule has 8 nitrogen and oxygen atoms in total. The van der Waals surface area contributed by atoms with Crippen molar-refractivity contribution in [3.05, 3.63) is 78.5 Å². The van der Waals surface area contributed by atoms with E-state index in [-0.39, 0.29) is 0 Å². The third-order valence-corrected chi connectivity index (χ3v) is 4.75. The fourth-order valence-corrected chi connectivity index (χ4v) is 3.23. The largest absolute Gasteiger partial charge is 0.357 e. The van der Waals surface area contributed by atoms with Crippen LogP contribution in [0.5, 0.6) is 0 Å². The van der Waals surface area contributed by atoms with E-state index in [1.54, 1.807) is 6.20 Å². The molecule has 3 aromatic heterocycles. The molecule has 0 saturated heterocycles. The van der Waals surface area contributed by atoms with E-state index in [9.17, 15) is 0 Å². The van der Waals surface area contributed by atoms with Gasteiger partial charge in [0.15, 0.2) is 11.6 Å². The number of aromatic nitrogens is 5. The molecule has 4 rings (SSSR count). The molecule has 30 heavy (non-hydrogen) atoms. The summed E-state index contributed by atoms with van der Waals surface area (Å²) in [6.07, 6.45) is 7.35. The van der Waals surface area contributed by atoms with E-state index in [4.69, 9.17) is 0 Å². The number of hydrogen-bond donors (Lipinski definition) is 2. The van der Waals surface area contributed by atoms with E-state index in [0.717, 1.165) is 49.0 Å². The van der Waals surface area contributed by atoms with Gasteiger partial charge in [0, 0.05) is 44.6 Å². The second-order valence-electron chi connectivity index (χ2n) is 6.85. The standard InChI is InChI=1S/C22H26N8/c1-2-23-22(25-15-12-21-28-27-20-6-3-4-16-29(20)21)24-14-11-18-7-9-19(10-8-18)30-17-5-13-26-30/h3-10,13,16-17H,2,11-12,14-15H2,1H3,(H2,23,24,25). The first-order chi connectivity index (χ1) is 14.8. The fraction of sp³-hybridized carbons (Fsp3) is 0.273. The van der Waals surface area contributed by atoms with E-state index in [1.165, 1.54) is 5.56 Å². The van der Waals surface area contributed by atoms with Crippen LogP contribution < -0.4 is 10.6 Å². The molecule has 0 saturated carbocycles. The number of nitrogens with zero attached hydrogens (tertiary/aromatic N) is 6. The van der Waals surface area contributed by atoms with Crippen molar-refractivity contribution >= 4 is 11.6 Å². The normalized spacial score (nSPS) is 11.7. The van der Waals surface area contributed by atoms with Gasteiger partial charge in [0.2, 0.25) is 0 Å². The van der Waals surface area contributed by atoms with Crippen molar-refractivity contribution < 1.29 is 0 Å². The van der Waals surface area contributed by atoms with E-state index in [1.807, 2.05) is 45.7 Å². The molecule has 0 aliphatic heterocycles. The predicted molar refractivity (Wildman–Crippen MR) is 118 cm³/mol. The Balaban J connectivity index is 1.29. The molecule has 0 bridgehead atoms. The highest BCUT2D eigenvalue weighted by Gasteiger charge is 2.04. The summed E-state index contributed by atoms with van der Waals surface area (Å²) < 4.78 is 3.86. The van der Waals surface area contributed by atoms with Crippen LogP contribution >= 0.6 is 0 Å². The molecule has 3 heterocycles. The van der Waals surface area contributed by atoms with Crippen LogP contribution in [0.2, 0.25) is 0 Å². The van der Waals surface area contributed by atoms with Crippen LogP contribution in [0.4, 0.5) is 0 Å². The second-order valence-corrected chi connectivity index (χ2v) is 6.85. The molecule has 0 amide bonds. The lowest BCUT2D eigenvalue weighted by atomic mass is 10.1. The lowest BCUT2D eigenvalue weighted by Gasteiger charge is -2.11. The SMILES string of the molecule is CCNC(=NCCc1nnc2ccccn12)NCCc1ccc(-n2cccn2)cc1. The van der Waals surface area contributed by atoms with Crippen molar-refractivity contribution in [2.45, 2.75) is 19.8 Å². The van der Waals surface area contributed by atoms with Crippen LogP contribution in [-0.2, 0) is 12.8 Å². The van der Waals surface area contributed by atoms with Crippen molar-refractivity contribution in [2.75, 3.05) is 19.6 Å². The molecule has 0 fully saturated rings. The van der Waals surface area contributed by atoms with Gasteiger partial charge in [-0.1, -0.05) is 18.2 Å². The van der Waals surface area contributed by atoms with Gasteiger partial charge in [-0.25, -0.2) is 4.68 Å². The van der Waals surface area contributed by atoms with Gasteiger partial charge in [-0.05, 0) is 49.2 Å². The minimum absolute atomic E-state index is 0.642. The summed E-state index contributed by atoms with van der Waals surface area (Å²) in [5.74, 6) is 1.74. The summed E-state index contributed by atoms with van der Waals surface area (Å²) in [4.78, 5) is 4.68. The number of pyridine rings is 1. The number of guanidine groups is 1. The van der Waals surface area contributed by atoms with E-state index < -0.39 is 0 Å². The molecule has 4 aromatic rings. The first-order valence-corrected chi connectivity index (χ1v) is 10.2. The number of aliphatic imine (C=N–C) groups is 1. The number of fused-ring (bicyclic) bond motifs is 1. The molecule has 0 aliphatic carbocycles. The highest BCUT2D eigenvalue weighted by Crippen LogP contribution is 2.09. The summed E-state index contributed by atoms with van der Waals surface area (Å²) in [5, 5.41) is 19.4. The number of nitrogens with one attached hydrogen (secondary N) is 2. The Bertz CT molecular complexity index is 1080. The van der Waals surface area contributed by atoms with Crippen molar-refractivity contribution in [1.29, 1.82) is 0 Å². The molecule has 0 spiro atoms. The Labute approximate surface area is 175 Å². The molecule has 154 valence electrons. The van der Waals surface area contributed by atoms with Crippen LogP contribution in [0.25, 0.3) is 11.3 Å². The Morgan fingerprint density at radius 2 is 1.87 bits per heavy atom. The molecular formula is C22H26N8. The van der Waals surface area contributed by atoms with Crippen molar-refractivity contribution in [2.24, 2.45) is 4.99 Å². The molecule has 2 N–H and O–H groups in total. The summed E-state index contributed by atoms with van der Waals surface area (Å²) in [6.45, 7) is 4.33.